The Hall–Kier alpha value is -3.34. The molecule has 0 aromatic heterocycles. The molecule has 25 heavy (non-hydrogen) atoms. The Labute approximate surface area is 145 Å². The van der Waals surface area contributed by atoms with Crippen molar-refractivity contribution >= 4 is 22.9 Å². The molecule has 0 fully saturated rings. The van der Waals surface area contributed by atoms with E-state index in [0.29, 0.717) is 17.1 Å². The topological polar surface area (TPSA) is 59.9 Å². The number of benzene rings is 3. The van der Waals surface area contributed by atoms with Gasteiger partial charge in [0.2, 0.25) is 0 Å². The summed E-state index contributed by atoms with van der Waals surface area (Å²) >= 11 is 0. The SMILES string of the molecule is COc1ccccc1C(=O)N/N=C\c1c(OC)ccc2ccccc12. The summed E-state index contributed by atoms with van der Waals surface area (Å²) in [5, 5.41) is 6.16. The Morgan fingerprint density at radius 3 is 2.44 bits per heavy atom. The molecule has 0 bridgehead atoms. The van der Waals surface area contributed by atoms with Gasteiger partial charge >= 0.3 is 0 Å². The maximum absolute atomic E-state index is 12.3. The average Bonchev–Trinajstić information content (AvgIpc) is 2.67. The van der Waals surface area contributed by atoms with E-state index in [1.807, 2.05) is 36.4 Å². The van der Waals surface area contributed by atoms with E-state index in [4.69, 9.17) is 9.47 Å². The van der Waals surface area contributed by atoms with Crippen LogP contribution in [-0.2, 0) is 0 Å². The molecule has 0 saturated carbocycles. The Morgan fingerprint density at radius 2 is 1.64 bits per heavy atom. The van der Waals surface area contributed by atoms with Gasteiger partial charge in [-0.1, -0.05) is 42.5 Å². The van der Waals surface area contributed by atoms with Crippen LogP contribution in [0.2, 0.25) is 0 Å². The fraction of sp³-hybridized carbons (Fsp3) is 0.100. The molecule has 0 aliphatic rings. The number of hydrazone groups is 1. The van der Waals surface area contributed by atoms with Crippen LogP contribution in [0.15, 0.2) is 65.8 Å². The number of amides is 1. The van der Waals surface area contributed by atoms with E-state index in [9.17, 15) is 4.79 Å². The molecule has 0 unspecified atom stereocenters. The van der Waals surface area contributed by atoms with E-state index in [-0.39, 0.29) is 5.91 Å². The highest BCUT2D eigenvalue weighted by Crippen LogP contribution is 2.26. The summed E-state index contributed by atoms with van der Waals surface area (Å²) in [7, 11) is 3.13. The van der Waals surface area contributed by atoms with Crippen LogP contribution >= 0.6 is 0 Å². The lowest BCUT2D eigenvalue weighted by molar-refractivity contribution is 0.0952. The van der Waals surface area contributed by atoms with Crippen LogP contribution in [0.4, 0.5) is 0 Å². The summed E-state index contributed by atoms with van der Waals surface area (Å²) in [5.41, 5.74) is 3.76. The average molecular weight is 334 g/mol. The van der Waals surface area contributed by atoms with Crippen LogP contribution < -0.4 is 14.9 Å². The van der Waals surface area contributed by atoms with Crippen molar-refractivity contribution in [1.29, 1.82) is 0 Å². The Morgan fingerprint density at radius 1 is 0.920 bits per heavy atom. The van der Waals surface area contributed by atoms with Crippen LogP contribution in [0.1, 0.15) is 15.9 Å². The van der Waals surface area contributed by atoms with Crippen molar-refractivity contribution in [2.75, 3.05) is 14.2 Å². The van der Waals surface area contributed by atoms with E-state index in [0.717, 1.165) is 16.3 Å². The molecule has 5 nitrogen and oxygen atoms in total. The van der Waals surface area contributed by atoms with E-state index in [1.165, 1.54) is 7.11 Å². The number of rotatable bonds is 5. The number of hydrogen-bond acceptors (Lipinski definition) is 4. The third-order valence-electron chi connectivity index (χ3n) is 3.86. The highest BCUT2D eigenvalue weighted by atomic mass is 16.5. The zero-order valence-corrected chi connectivity index (χ0v) is 14.0. The second-order valence-corrected chi connectivity index (χ2v) is 5.30. The van der Waals surface area contributed by atoms with Crippen molar-refractivity contribution in [3.8, 4) is 11.5 Å². The van der Waals surface area contributed by atoms with Crippen LogP contribution in [0, 0.1) is 0 Å². The van der Waals surface area contributed by atoms with Gasteiger partial charge in [-0.3, -0.25) is 4.79 Å². The van der Waals surface area contributed by atoms with Gasteiger partial charge in [0, 0.05) is 5.56 Å². The lowest BCUT2D eigenvalue weighted by Gasteiger charge is -2.09. The zero-order chi connectivity index (χ0) is 17.6. The second-order valence-electron chi connectivity index (χ2n) is 5.30. The Bertz CT molecular complexity index is 935. The molecular formula is C20H18N2O3. The molecule has 3 rings (SSSR count). The predicted molar refractivity (Wildman–Crippen MR) is 98.6 cm³/mol. The van der Waals surface area contributed by atoms with Gasteiger partial charge in [-0.05, 0) is 29.0 Å². The molecule has 3 aromatic carbocycles. The van der Waals surface area contributed by atoms with Crippen LogP contribution in [0.3, 0.4) is 0 Å². The standard InChI is InChI=1S/C20H18N2O3/c1-24-18-10-6-5-9-16(18)20(23)22-21-13-17-15-8-4-3-7-14(15)11-12-19(17)25-2/h3-13H,1-2H3,(H,22,23)/b21-13-. The van der Waals surface area contributed by atoms with Gasteiger partial charge in [-0.2, -0.15) is 5.10 Å². The largest absolute Gasteiger partial charge is 0.496 e. The summed E-state index contributed by atoms with van der Waals surface area (Å²) in [4.78, 5) is 12.3. The lowest BCUT2D eigenvalue weighted by atomic mass is 10.0. The van der Waals surface area contributed by atoms with E-state index in [2.05, 4.69) is 10.5 Å². The molecule has 0 aliphatic carbocycles. The monoisotopic (exact) mass is 334 g/mol. The number of nitrogens with zero attached hydrogens (tertiary/aromatic N) is 1. The maximum Gasteiger partial charge on any atom is 0.275 e. The second kappa shape index (κ2) is 7.49. The Balaban J connectivity index is 1.87. The van der Waals surface area contributed by atoms with Gasteiger partial charge in [0.05, 0.1) is 26.0 Å². The molecule has 5 heteroatoms. The first-order valence-corrected chi connectivity index (χ1v) is 7.76. The quantitative estimate of drug-likeness (QED) is 0.573. The number of hydrogen-bond donors (Lipinski definition) is 1. The number of ether oxygens (including phenoxy) is 2. The van der Waals surface area contributed by atoms with Gasteiger partial charge < -0.3 is 9.47 Å². The maximum atomic E-state index is 12.3. The van der Waals surface area contributed by atoms with E-state index < -0.39 is 0 Å². The first-order chi connectivity index (χ1) is 12.2. The molecular weight excluding hydrogens is 316 g/mol. The summed E-state index contributed by atoms with van der Waals surface area (Å²) < 4.78 is 10.6. The minimum Gasteiger partial charge on any atom is -0.496 e. The van der Waals surface area contributed by atoms with Crippen LogP contribution in [0.25, 0.3) is 10.8 Å². The number of methoxy groups -OCH3 is 2. The number of para-hydroxylation sites is 1. The number of carbonyl (C=O) groups is 1. The van der Waals surface area contributed by atoms with Gasteiger partial charge in [-0.15, -0.1) is 0 Å². The molecule has 3 aromatic rings. The molecule has 1 amide bonds. The summed E-state index contributed by atoms with van der Waals surface area (Å²) in [6.07, 6.45) is 1.59. The molecule has 0 aliphatic heterocycles. The molecule has 0 spiro atoms. The van der Waals surface area contributed by atoms with Crippen molar-refractivity contribution in [2.45, 2.75) is 0 Å². The molecule has 0 radical (unpaired) electrons. The fourth-order valence-electron chi connectivity index (χ4n) is 2.63. The molecule has 126 valence electrons. The molecule has 0 heterocycles. The lowest BCUT2D eigenvalue weighted by Crippen LogP contribution is -2.18. The first-order valence-electron chi connectivity index (χ1n) is 7.76. The third kappa shape index (κ3) is 3.45. The highest BCUT2D eigenvalue weighted by Gasteiger charge is 2.11. The normalized spacial score (nSPS) is 10.8. The fourth-order valence-corrected chi connectivity index (χ4v) is 2.63. The van der Waals surface area contributed by atoms with E-state index in [1.54, 1.807) is 37.6 Å². The van der Waals surface area contributed by atoms with Crippen molar-refractivity contribution in [3.63, 3.8) is 0 Å². The molecule has 1 N–H and O–H groups in total. The van der Waals surface area contributed by atoms with Gasteiger partial charge in [0.25, 0.3) is 5.91 Å². The highest BCUT2D eigenvalue weighted by molar-refractivity contribution is 6.03. The van der Waals surface area contributed by atoms with Crippen LogP contribution in [0.5, 0.6) is 11.5 Å². The minimum atomic E-state index is -0.340. The van der Waals surface area contributed by atoms with Gasteiger partial charge in [0.15, 0.2) is 0 Å². The smallest absolute Gasteiger partial charge is 0.275 e. The first kappa shape index (κ1) is 16.5. The van der Waals surface area contributed by atoms with Gasteiger partial charge in [0.1, 0.15) is 11.5 Å². The van der Waals surface area contributed by atoms with Crippen molar-refractivity contribution in [3.05, 3.63) is 71.8 Å². The van der Waals surface area contributed by atoms with Crippen LogP contribution in [-0.4, -0.2) is 26.3 Å². The third-order valence-corrected chi connectivity index (χ3v) is 3.86. The van der Waals surface area contributed by atoms with E-state index >= 15 is 0 Å². The van der Waals surface area contributed by atoms with Crippen molar-refractivity contribution in [1.82, 2.24) is 5.43 Å². The predicted octanol–water partition coefficient (Wildman–Crippen LogP) is 3.62. The van der Waals surface area contributed by atoms with Crippen molar-refractivity contribution < 1.29 is 14.3 Å². The van der Waals surface area contributed by atoms with Gasteiger partial charge in [-0.25, -0.2) is 5.43 Å². The number of fused-ring (bicyclic) bond motifs is 1. The summed E-state index contributed by atoms with van der Waals surface area (Å²) in [5.74, 6) is 0.847. The zero-order valence-electron chi connectivity index (χ0n) is 14.0. The summed E-state index contributed by atoms with van der Waals surface area (Å²) in [6, 6.07) is 18.8. The minimum absolute atomic E-state index is 0.340. The molecule has 0 saturated heterocycles. The van der Waals surface area contributed by atoms with Crippen molar-refractivity contribution in [2.24, 2.45) is 5.10 Å². The number of carbonyl (C=O) groups excluding carboxylic acids is 1. The molecule has 0 atom stereocenters. The number of nitrogens with one attached hydrogen (secondary N) is 1. The Kier molecular flexibility index (Phi) is 4.95. The summed E-state index contributed by atoms with van der Waals surface area (Å²) in [6.45, 7) is 0.